The summed E-state index contributed by atoms with van der Waals surface area (Å²) < 4.78 is 5.50. The summed E-state index contributed by atoms with van der Waals surface area (Å²) in [6.07, 6.45) is 2.74. The standard InChI is InChI=1S/C18H28N4O2.HI/c1-18(2,3)24-17(23)22-12-8-7-11-15(22)13-20-16(19)21-14-9-5-4-6-10-14;/h4-6,9-10,15H,7-8,11-13H2,1-3H3,(H3,19,20,21);1H. The lowest BCUT2D eigenvalue weighted by molar-refractivity contribution is 0.0110. The maximum Gasteiger partial charge on any atom is 0.410 e. The minimum absolute atomic E-state index is 0. The second kappa shape index (κ2) is 9.84. The van der Waals surface area contributed by atoms with Gasteiger partial charge in [-0.05, 0) is 52.2 Å². The first-order valence-corrected chi connectivity index (χ1v) is 8.47. The molecule has 3 N–H and O–H groups in total. The van der Waals surface area contributed by atoms with Crippen molar-refractivity contribution in [1.29, 1.82) is 0 Å². The molecule has 1 aromatic rings. The average molecular weight is 460 g/mol. The molecule has 1 unspecified atom stereocenters. The van der Waals surface area contributed by atoms with Crippen molar-refractivity contribution in [3.05, 3.63) is 30.3 Å². The highest BCUT2D eigenvalue weighted by atomic mass is 127. The molecule has 7 heteroatoms. The molecule has 1 amide bonds. The maximum atomic E-state index is 12.4. The number of rotatable bonds is 3. The van der Waals surface area contributed by atoms with Crippen LogP contribution in [0.15, 0.2) is 35.3 Å². The lowest BCUT2D eigenvalue weighted by Crippen LogP contribution is -2.47. The van der Waals surface area contributed by atoms with Gasteiger partial charge in [-0.1, -0.05) is 18.2 Å². The van der Waals surface area contributed by atoms with Gasteiger partial charge in [-0.25, -0.2) is 4.79 Å². The fourth-order valence-electron chi connectivity index (χ4n) is 2.66. The molecule has 1 aliphatic heterocycles. The highest BCUT2D eigenvalue weighted by molar-refractivity contribution is 14.0. The van der Waals surface area contributed by atoms with Crippen LogP contribution in [0.3, 0.4) is 0 Å². The van der Waals surface area contributed by atoms with Crippen LogP contribution in [0.25, 0.3) is 0 Å². The minimum Gasteiger partial charge on any atom is -0.444 e. The number of nitrogens with zero attached hydrogens (tertiary/aromatic N) is 2. The van der Waals surface area contributed by atoms with E-state index in [1.54, 1.807) is 4.90 Å². The molecule has 25 heavy (non-hydrogen) atoms. The number of likely N-dealkylation sites (tertiary alicyclic amines) is 1. The molecule has 1 aromatic carbocycles. The lowest BCUT2D eigenvalue weighted by Gasteiger charge is -2.36. The normalized spacial score (nSPS) is 18.3. The molecule has 0 aromatic heterocycles. The summed E-state index contributed by atoms with van der Waals surface area (Å²) in [7, 11) is 0. The van der Waals surface area contributed by atoms with Crippen molar-refractivity contribution in [3.63, 3.8) is 0 Å². The zero-order valence-electron chi connectivity index (χ0n) is 15.2. The van der Waals surface area contributed by atoms with Crippen molar-refractivity contribution < 1.29 is 9.53 Å². The number of halogens is 1. The van der Waals surface area contributed by atoms with Gasteiger partial charge in [-0.2, -0.15) is 0 Å². The third-order valence-corrected chi connectivity index (χ3v) is 3.77. The largest absolute Gasteiger partial charge is 0.444 e. The zero-order valence-corrected chi connectivity index (χ0v) is 17.5. The topological polar surface area (TPSA) is 80.0 Å². The fourth-order valence-corrected chi connectivity index (χ4v) is 2.66. The van der Waals surface area contributed by atoms with Gasteiger partial charge in [-0.3, -0.25) is 4.99 Å². The smallest absolute Gasteiger partial charge is 0.410 e. The molecule has 1 heterocycles. The van der Waals surface area contributed by atoms with E-state index in [4.69, 9.17) is 10.5 Å². The van der Waals surface area contributed by atoms with E-state index in [9.17, 15) is 4.79 Å². The third kappa shape index (κ3) is 7.50. The Morgan fingerprint density at radius 1 is 1.32 bits per heavy atom. The summed E-state index contributed by atoms with van der Waals surface area (Å²) in [5, 5.41) is 3.06. The number of hydrogen-bond donors (Lipinski definition) is 2. The van der Waals surface area contributed by atoms with Crippen LogP contribution in [0.5, 0.6) is 0 Å². The van der Waals surface area contributed by atoms with Gasteiger partial charge in [0.1, 0.15) is 5.60 Å². The second-order valence-electron chi connectivity index (χ2n) is 7.04. The van der Waals surface area contributed by atoms with Gasteiger partial charge in [0.05, 0.1) is 12.6 Å². The average Bonchev–Trinajstić information content (AvgIpc) is 2.52. The van der Waals surface area contributed by atoms with Crippen LogP contribution < -0.4 is 11.1 Å². The van der Waals surface area contributed by atoms with Crippen molar-refractivity contribution in [1.82, 2.24) is 4.90 Å². The molecule has 0 radical (unpaired) electrons. The van der Waals surface area contributed by atoms with Crippen LogP contribution in [0.2, 0.25) is 0 Å². The second-order valence-corrected chi connectivity index (χ2v) is 7.04. The van der Waals surface area contributed by atoms with E-state index >= 15 is 0 Å². The van der Waals surface area contributed by atoms with E-state index in [1.165, 1.54) is 0 Å². The summed E-state index contributed by atoms with van der Waals surface area (Å²) >= 11 is 0. The minimum atomic E-state index is -0.490. The Hall–Kier alpha value is -1.51. The van der Waals surface area contributed by atoms with Crippen LogP contribution in [0.1, 0.15) is 40.0 Å². The summed E-state index contributed by atoms with van der Waals surface area (Å²) in [5.41, 5.74) is 6.36. The molecule has 1 saturated heterocycles. The van der Waals surface area contributed by atoms with Crippen LogP contribution >= 0.6 is 24.0 Å². The third-order valence-electron chi connectivity index (χ3n) is 3.77. The van der Waals surface area contributed by atoms with Crippen molar-refractivity contribution in [2.75, 3.05) is 18.4 Å². The van der Waals surface area contributed by atoms with Crippen molar-refractivity contribution in [2.45, 2.75) is 51.7 Å². The number of benzene rings is 1. The van der Waals surface area contributed by atoms with Gasteiger partial charge in [0.2, 0.25) is 0 Å². The van der Waals surface area contributed by atoms with Crippen LogP contribution in [0.4, 0.5) is 10.5 Å². The van der Waals surface area contributed by atoms with E-state index in [1.807, 2.05) is 51.1 Å². The van der Waals surface area contributed by atoms with E-state index < -0.39 is 5.60 Å². The SMILES string of the molecule is CC(C)(C)OC(=O)N1CCCCC1CN=C(N)Nc1ccccc1.I. The number of hydrogen-bond acceptors (Lipinski definition) is 3. The van der Waals surface area contributed by atoms with Crippen molar-refractivity contribution in [3.8, 4) is 0 Å². The van der Waals surface area contributed by atoms with E-state index in [-0.39, 0.29) is 36.1 Å². The Balaban J connectivity index is 0.00000312. The van der Waals surface area contributed by atoms with E-state index in [2.05, 4.69) is 10.3 Å². The first kappa shape index (κ1) is 21.5. The van der Waals surface area contributed by atoms with Gasteiger partial charge < -0.3 is 20.7 Å². The molecule has 1 aliphatic rings. The molecule has 0 bridgehead atoms. The summed E-state index contributed by atoms with van der Waals surface area (Å²) in [6.45, 7) is 6.82. The number of nitrogens with two attached hydrogens (primary N) is 1. The number of aliphatic imine (C=N–C) groups is 1. The number of ether oxygens (including phenoxy) is 1. The van der Waals surface area contributed by atoms with Crippen molar-refractivity contribution in [2.24, 2.45) is 10.7 Å². The Bertz CT molecular complexity index is 572. The van der Waals surface area contributed by atoms with Crippen LogP contribution in [0, 0.1) is 0 Å². The Labute approximate surface area is 167 Å². The van der Waals surface area contributed by atoms with Crippen LogP contribution in [-0.4, -0.2) is 41.7 Å². The lowest BCUT2D eigenvalue weighted by atomic mass is 10.0. The molecule has 140 valence electrons. The highest BCUT2D eigenvalue weighted by Crippen LogP contribution is 2.20. The first-order chi connectivity index (χ1) is 11.3. The zero-order chi connectivity index (χ0) is 17.6. The van der Waals surface area contributed by atoms with Gasteiger partial charge in [0, 0.05) is 12.2 Å². The number of carbonyl (C=O) groups excluding carboxylic acids is 1. The van der Waals surface area contributed by atoms with Gasteiger partial charge in [0.25, 0.3) is 0 Å². The molecule has 0 saturated carbocycles. The number of para-hydroxylation sites is 1. The van der Waals surface area contributed by atoms with E-state index in [0.717, 1.165) is 24.9 Å². The number of guanidine groups is 1. The number of piperidine rings is 1. The molecule has 0 aliphatic carbocycles. The monoisotopic (exact) mass is 460 g/mol. The molecule has 1 fully saturated rings. The Morgan fingerprint density at radius 2 is 2.00 bits per heavy atom. The van der Waals surface area contributed by atoms with Gasteiger partial charge >= 0.3 is 6.09 Å². The molecular formula is C18H29IN4O2. The number of carbonyl (C=O) groups is 1. The maximum absolute atomic E-state index is 12.4. The highest BCUT2D eigenvalue weighted by Gasteiger charge is 2.30. The molecule has 0 spiro atoms. The van der Waals surface area contributed by atoms with Gasteiger partial charge in [0.15, 0.2) is 5.96 Å². The summed E-state index contributed by atoms with van der Waals surface area (Å²) in [4.78, 5) is 18.6. The number of amides is 1. The summed E-state index contributed by atoms with van der Waals surface area (Å²) in [6, 6.07) is 9.69. The molecular weight excluding hydrogens is 431 g/mol. The van der Waals surface area contributed by atoms with Crippen molar-refractivity contribution >= 4 is 41.7 Å². The number of nitrogens with one attached hydrogen (secondary N) is 1. The predicted octanol–water partition coefficient (Wildman–Crippen LogP) is 3.82. The molecule has 1 atom stereocenters. The fraction of sp³-hybridized carbons (Fsp3) is 0.556. The summed E-state index contributed by atoms with van der Waals surface area (Å²) in [5.74, 6) is 0.357. The van der Waals surface area contributed by atoms with Crippen LogP contribution in [-0.2, 0) is 4.74 Å². The first-order valence-electron chi connectivity index (χ1n) is 8.47. The Kier molecular flexibility index (Phi) is 8.47. The van der Waals surface area contributed by atoms with E-state index in [0.29, 0.717) is 19.0 Å². The Morgan fingerprint density at radius 3 is 2.64 bits per heavy atom. The predicted molar refractivity (Wildman–Crippen MR) is 113 cm³/mol. The quantitative estimate of drug-likeness (QED) is 0.409. The molecule has 2 rings (SSSR count). The number of anilines is 1. The molecule has 6 nitrogen and oxygen atoms in total. The van der Waals surface area contributed by atoms with Gasteiger partial charge in [-0.15, -0.1) is 24.0 Å².